The second-order valence-electron chi connectivity index (χ2n) is 4.42. The molecule has 0 aliphatic rings. The molecule has 0 bridgehead atoms. The van der Waals surface area contributed by atoms with E-state index in [1.807, 2.05) is 19.1 Å². The van der Waals surface area contributed by atoms with Crippen LogP contribution in [0.3, 0.4) is 0 Å². The fraction of sp³-hybridized carbons (Fsp3) is 0.357. The maximum Gasteiger partial charge on any atom is 0.227 e. The molecule has 0 amide bonds. The van der Waals surface area contributed by atoms with Gasteiger partial charge in [-0.1, -0.05) is 13.8 Å². The van der Waals surface area contributed by atoms with Crippen LogP contribution < -0.4 is 10.1 Å². The predicted molar refractivity (Wildman–Crippen MR) is 74.6 cm³/mol. The first-order valence-electron chi connectivity index (χ1n) is 6.39. The van der Waals surface area contributed by atoms with Crippen LogP contribution in [0.2, 0.25) is 0 Å². The second kappa shape index (κ2) is 6.13. The molecule has 2 rings (SSSR count). The molecule has 0 fully saturated rings. The van der Waals surface area contributed by atoms with Gasteiger partial charge in [0.1, 0.15) is 17.9 Å². The molecule has 0 aromatic carbocycles. The average molecular weight is 258 g/mol. The van der Waals surface area contributed by atoms with Crippen LogP contribution >= 0.6 is 0 Å². The molecule has 0 aliphatic carbocycles. The second-order valence-corrected chi connectivity index (χ2v) is 4.42. The molecule has 0 radical (unpaired) electrons. The smallest absolute Gasteiger partial charge is 0.227 e. The molecule has 5 nitrogen and oxygen atoms in total. The summed E-state index contributed by atoms with van der Waals surface area (Å²) in [5, 5.41) is 3.24. The number of rotatable bonds is 5. The Morgan fingerprint density at radius 1 is 1.32 bits per heavy atom. The largest absolute Gasteiger partial charge is 0.437 e. The summed E-state index contributed by atoms with van der Waals surface area (Å²) >= 11 is 0. The van der Waals surface area contributed by atoms with Gasteiger partial charge in [-0.25, -0.2) is 9.97 Å². The van der Waals surface area contributed by atoms with Gasteiger partial charge in [0.2, 0.25) is 5.88 Å². The van der Waals surface area contributed by atoms with Crippen LogP contribution in [-0.4, -0.2) is 21.5 Å². The van der Waals surface area contributed by atoms with Gasteiger partial charge < -0.3 is 10.1 Å². The minimum Gasteiger partial charge on any atom is -0.437 e. The van der Waals surface area contributed by atoms with E-state index in [0.29, 0.717) is 11.6 Å². The third-order valence-corrected chi connectivity index (χ3v) is 2.62. The molecule has 0 atom stereocenters. The first-order valence-corrected chi connectivity index (χ1v) is 6.39. The molecular weight excluding hydrogens is 240 g/mol. The number of aromatic nitrogens is 3. The van der Waals surface area contributed by atoms with Gasteiger partial charge in [0.15, 0.2) is 0 Å². The molecule has 0 saturated carbocycles. The summed E-state index contributed by atoms with van der Waals surface area (Å²) in [6, 6.07) is 3.68. The van der Waals surface area contributed by atoms with Crippen LogP contribution in [0, 0.1) is 0 Å². The Balaban J connectivity index is 2.36. The van der Waals surface area contributed by atoms with Crippen molar-refractivity contribution < 1.29 is 4.74 Å². The average Bonchev–Trinajstić information content (AvgIpc) is 2.40. The van der Waals surface area contributed by atoms with Crippen LogP contribution in [0.15, 0.2) is 30.9 Å². The first-order chi connectivity index (χ1) is 9.22. The number of nitrogens with one attached hydrogen (secondary N) is 1. The summed E-state index contributed by atoms with van der Waals surface area (Å²) in [6.07, 6.45) is 4.88. The standard InChI is InChI=1S/C14H18N4O/c1-4-16-13-12(10(2)3)14(18-9-17-13)19-11-6-5-7-15-8-11/h5-10H,4H2,1-3H3,(H,16,17,18). The van der Waals surface area contributed by atoms with Gasteiger partial charge in [0.05, 0.1) is 11.8 Å². The van der Waals surface area contributed by atoms with Gasteiger partial charge in [0.25, 0.3) is 0 Å². The van der Waals surface area contributed by atoms with E-state index in [4.69, 9.17) is 4.74 Å². The zero-order chi connectivity index (χ0) is 13.7. The Morgan fingerprint density at radius 2 is 2.16 bits per heavy atom. The summed E-state index contributed by atoms with van der Waals surface area (Å²) in [7, 11) is 0. The monoisotopic (exact) mass is 258 g/mol. The van der Waals surface area contributed by atoms with E-state index < -0.39 is 0 Å². The van der Waals surface area contributed by atoms with E-state index >= 15 is 0 Å². The van der Waals surface area contributed by atoms with Crippen LogP contribution in [-0.2, 0) is 0 Å². The minimum absolute atomic E-state index is 0.266. The molecule has 0 unspecified atom stereocenters. The van der Waals surface area contributed by atoms with Gasteiger partial charge in [0, 0.05) is 12.7 Å². The summed E-state index contributed by atoms with van der Waals surface area (Å²) in [5.74, 6) is 2.34. The fourth-order valence-electron chi connectivity index (χ4n) is 1.81. The lowest BCUT2D eigenvalue weighted by atomic mass is 10.1. The minimum atomic E-state index is 0.266. The lowest BCUT2D eigenvalue weighted by Gasteiger charge is -2.16. The Kier molecular flexibility index (Phi) is 4.28. The van der Waals surface area contributed by atoms with Crippen LogP contribution in [0.1, 0.15) is 32.3 Å². The third kappa shape index (κ3) is 3.19. The van der Waals surface area contributed by atoms with Gasteiger partial charge >= 0.3 is 0 Å². The van der Waals surface area contributed by atoms with Gasteiger partial charge in [-0.2, -0.15) is 0 Å². The van der Waals surface area contributed by atoms with Crippen molar-refractivity contribution in [1.29, 1.82) is 0 Å². The van der Waals surface area contributed by atoms with Crippen molar-refractivity contribution in [3.05, 3.63) is 36.4 Å². The van der Waals surface area contributed by atoms with Crippen molar-refractivity contribution in [3.8, 4) is 11.6 Å². The van der Waals surface area contributed by atoms with Gasteiger partial charge in [-0.3, -0.25) is 4.98 Å². The van der Waals surface area contributed by atoms with Crippen molar-refractivity contribution in [2.45, 2.75) is 26.7 Å². The molecule has 2 aromatic rings. The number of pyridine rings is 1. The number of hydrogen-bond donors (Lipinski definition) is 1. The maximum atomic E-state index is 5.80. The molecular formula is C14H18N4O. The van der Waals surface area contributed by atoms with Crippen molar-refractivity contribution >= 4 is 5.82 Å². The lowest BCUT2D eigenvalue weighted by Crippen LogP contribution is -2.07. The molecule has 2 aromatic heterocycles. The highest BCUT2D eigenvalue weighted by molar-refractivity contribution is 5.51. The van der Waals surface area contributed by atoms with Crippen molar-refractivity contribution in [3.63, 3.8) is 0 Å². The van der Waals surface area contributed by atoms with E-state index in [1.165, 1.54) is 6.33 Å². The molecule has 0 aliphatic heterocycles. The topological polar surface area (TPSA) is 59.9 Å². The van der Waals surface area contributed by atoms with E-state index in [9.17, 15) is 0 Å². The number of hydrogen-bond acceptors (Lipinski definition) is 5. The van der Waals surface area contributed by atoms with Crippen molar-refractivity contribution in [2.75, 3.05) is 11.9 Å². The van der Waals surface area contributed by atoms with E-state index in [-0.39, 0.29) is 5.92 Å². The number of anilines is 1. The highest BCUT2D eigenvalue weighted by atomic mass is 16.5. The van der Waals surface area contributed by atoms with E-state index in [2.05, 4.69) is 34.1 Å². The van der Waals surface area contributed by atoms with E-state index in [0.717, 1.165) is 17.9 Å². The summed E-state index contributed by atoms with van der Waals surface area (Å²) in [4.78, 5) is 12.5. The Hall–Kier alpha value is -2.17. The molecule has 5 heteroatoms. The molecule has 100 valence electrons. The maximum absolute atomic E-state index is 5.80. The molecule has 0 saturated heterocycles. The zero-order valence-corrected chi connectivity index (χ0v) is 11.4. The SMILES string of the molecule is CCNc1ncnc(Oc2cccnc2)c1C(C)C. The van der Waals surface area contributed by atoms with Crippen molar-refractivity contribution in [2.24, 2.45) is 0 Å². The summed E-state index contributed by atoms with van der Waals surface area (Å²) in [6.45, 7) is 7.03. The fourth-order valence-corrected chi connectivity index (χ4v) is 1.81. The lowest BCUT2D eigenvalue weighted by molar-refractivity contribution is 0.450. The van der Waals surface area contributed by atoms with Crippen LogP contribution in [0.25, 0.3) is 0 Å². The van der Waals surface area contributed by atoms with Gasteiger partial charge in [-0.15, -0.1) is 0 Å². The predicted octanol–water partition coefficient (Wildman–Crippen LogP) is 3.22. The zero-order valence-electron chi connectivity index (χ0n) is 11.4. The molecule has 19 heavy (non-hydrogen) atoms. The highest BCUT2D eigenvalue weighted by Crippen LogP contribution is 2.32. The third-order valence-electron chi connectivity index (χ3n) is 2.62. The Morgan fingerprint density at radius 3 is 2.79 bits per heavy atom. The summed E-state index contributed by atoms with van der Waals surface area (Å²) < 4.78 is 5.80. The molecule has 0 spiro atoms. The van der Waals surface area contributed by atoms with Crippen LogP contribution in [0.5, 0.6) is 11.6 Å². The van der Waals surface area contributed by atoms with Gasteiger partial charge in [-0.05, 0) is 25.0 Å². The Labute approximate surface area is 113 Å². The van der Waals surface area contributed by atoms with Crippen LogP contribution in [0.4, 0.5) is 5.82 Å². The van der Waals surface area contributed by atoms with Crippen molar-refractivity contribution in [1.82, 2.24) is 15.0 Å². The molecule has 2 heterocycles. The van der Waals surface area contributed by atoms with E-state index in [1.54, 1.807) is 12.4 Å². The quantitative estimate of drug-likeness (QED) is 0.892. The normalized spacial score (nSPS) is 10.5. The first kappa shape index (κ1) is 13.3. The summed E-state index contributed by atoms with van der Waals surface area (Å²) in [5.41, 5.74) is 0.980. The number of ether oxygens (including phenoxy) is 1. The number of nitrogens with zero attached hydrogens (tertiary/aromatic N) is 3. The Bertz CT molecular complexity index is 528. The highest BCUT2D eigenvalue weighted by Gasteiger charge is 2.16. The molecule has 1 N–H and O–H groups in total.